The third-order valence-corrected chi connectivity index (χ3v) is 6.36. The average molecular weight is 501 g/mol. The summed E-state index contributed by atoms with van der Waals surface area (Å²) in [7, 11) is 1.70. The van der Waals surface area contributed by atoms with Crippen LogP contribution in [0.1, 0.15) is 25.7 Å². The Labute approximate surface area is 202 Å². The van der Waals surface area contributed by atoms with E-state index in [2.05, 4.69) is 20.9 Å². The van der Waals surface area contributed by atoms with Crippen LogP contribution in [0.15, 0.2) is 4.99 Å². The van der Waals surface area contributed by atoms with Crippen molar-refractivity contribution in [2.24, 2.45) is 22.2 Å². The summed E-state index contributed by atoms with van der Waals surface area (Å²) in [6.07, 6.45) is -4.41. The van der Waals surface area contributed by atoms with Crippen LogP contribution >= 0.6 is 0 Å². The minimum absolute atomic E-state index is 0.0368. The fourth-order valence-corrected chi connectivity index (χ4v) is 4.49. The quantitative estimate of drug-likeness (QED) is 0.150. The number of amides is 3. The van der Waals surface area contributed by atoms with Crippen LogP contribution in [0.2, 0.25) is 0 Å². The van der Waals surface area contributed by atoms with Gasteiger partial charge in [-0.15, -0.1) is 0 Å². The normalized spacial score (nSPS) is 33.3. The third kappa shape index (κ3) is 6.49. The highest BCUT2D eigenvalue weighted by atomic mass is 16.6. The molecule has 198 valence electrons. The molecule has 0 aliphatic carbocycles. The Morgan fingerprint density at radius 1 is 1.43 bits per heavy atom. The molecule has 15 heteroatoms. The minimum Gasteiger partial charge on any atom is -0.441 e. The van der Waals surface area contributed by atoms with Crippen LogP contribution in [0, 0.1) is 0 Å². The molecular formula is C20H36N8O7. The molecule has 0 aromatic rings. The third-order valence-electron chi connectivity index (χ3n) is 6.36. The number of nitrogens with two attached hydrogens (primary N) is 3. The number of fused-ring (bicyclic) bond motifs is 1. The van der Waals surface area contributed by atoms with Crippen LogP contribution in [-0.2, 0) is 19.1 Å². The van der Waals surface area contributed by atoms with Crippen molar-refractivity contribution in [1.82, 2.24) is 20.9 Å². The molecule has 3 aliphatic heterocycles. The van der Waals surface area contributed by atoms with Gasteiger partial charge in [0.05, 0.1) is 12.6 Å². The molecule has 3 aliphatic rings. The van der Waals surface area contributed by atoms with E-state index in [0.29, 0.717) is 32.4 Å². The highest BCUT2D eigenvalue weighted by molar-refractivity contribution is 5.92. The van der Waals surface area contributed by atoms with Gasteiger partial charge in [0.1, 0.15) is 18.2 Å². The molecule has 0 unspecified atom stereocenters. The molecule has 8 atom stereocenters. The molecule has 2 fully saturated rings. The average Bonchev–Trinajstić information content (AvgIpc) is 3.22. The van der Waals surface area contributed by atoms with Crippen molar-refractivity contribution in [1.29, 1.82) is 0 Å². The van der Waals surface area contributed by atoms with Crippen LogP contribution in [0.5, 0.6) is 0 Å². The summed E-state index contributed by atoms with van der Waals surface area (Å²) in [5.41, 5.74) is 16.6. The maximum Gasteiger partial charge on any atom is 0.404 e. The second-order valence-electron chi connectivity index (χ2n) is 9.02. The number of primary amides is 1. The highest BCUT2D eigenvalue weighted by Gasteiger charge is 2.49. The van der Waals surface area contributed by atoms with E-state index >= 15 is 0 Å². The van der Waals surface area contributed by atoms with Gasteiger partial charge in [0.25, 0.3) is 0 Å². The lowest BCUT2D eigenvalue weighted by molar-refractivity contribution is -0.198. The molecule has 15 nitrogen and oxygen atoms in total. The summed E-state index contributed by atoms with van der Waals surface area (Å²) in [6, 6.07) is -2.40. The second kappa shape index (κ2) is 11.8. The zero-order chi connectivity index (χ0) is 25.7. The standard InChI is InChI=1S/C20H36N8O7/c1-28-6-4-10-13(18(28)32)26-20(24-10)27-17-14(25-12(30)7-9(22)3-2-5-21)15(31)16(35-19(23)33)11(8-29)34-17/h9-11,13-17,29,31H,2-8,21-22H2,1H3,(H2,23,33)(H,25,30)(H2,24,26,27)/t9-,10+,11+,13-,14+,15+,16+,17+/m0/s1. The summed E-state index contributed by atoms with van der Waals surface area (Å²) >= 11 is 0. The number of hydrogen-bond acceptors (Lipinski definition) is 12. The van der Waals surface area contributed by atoms with Crippen molar-refractivity contribution in [3.05, 3.63) is 0 Å². The zero-order valence-electron chi connectivity index (χ0n) is 19.6. The summed E-state index contributed by atoms with van der Waals surface area (Å²) in [6.45, 7) is 0.420. The Hall–Kier alpha value is -2.72. The van der Waals surface area contributed by atoms with Crippen LogP contribution in [0.25, 0.3) is 0 Å². The van der Waals surface area contributed by atoms with Gasteiger partial charge in [0.2, 0.25) is 11.8 Å². The summed E-state index contributed by atoms with van der Waals surface area (Å²) in [5, 5.41) is 29.5. The van der Waals surface area contributed by atoms with E-state index in [0.717, 1.165) is 0 Å². The second-order valence-corrected chi connectivity index (χ2v) is 9.02. The zero-order valence-corrected chi connectivity index (χ0v) is 19.6. The fraction of sp³-hybridized carbons (Fsp3) is 0.800. The maximum atomic E-state index is 12.7. The number of carbonyl (C=O) groups excluding carboxylic acids is 3. The Morgan fingerprint density at radius 3 is 2.83 bits per heavy atom. The van der Waals surface area contributed by atoms with Crippen molar-refractivity contribution in [3.8, 4) is 0 Å². The fourth-order valence-electron chi connectivity index (χ4n) is 4.49. The smallest absolute Gasteiger partial charge is 0.404 e. The lowest BCUT2D eigenvalue weighted by Gasteiger charge is -2.44. The van der Waals surface area contributed by atoms with Gasteiger partial charge < -0.3 is 57.7 Å². The van der Waals surface area contributed by atoms with Gasteiger partial charge in [-0.2, -0.15) is 0 Å². The topological polar surface area (TPSA) is 240 Å². The summed E-state index contributed by atoms with van der Waals surface area (Å²) in [5.74, 6) is -0.360. The van der Waals surface area contributed by atoms with E-state index in [4.69, 9.17) is 26.7 Å². The van der Waals surface area contributed by atoms with Crippen molar-refractivity contribution >= 4 is 23.9 Å². The van der Waals surface area contributed by atoms with Gasteiger partial charge >= 0.3 is 6.09 Å². The molecule has 11 N–H and O–H groups in total. The predicted molar refractivity (Wildman–Crippen MR) is 123 cm³/mol. The number of aliphatic imine (C=N–C) groups is 1. The molecule has 3 amide bonds. The van der Waals surface area contributed by atoms with E-state index in [-0.39, 0.29) is 24.3 Å². The number of hydrogen-bond donors (Lipinski definition) is 8. The lowest BCUT2D eigenvalue weighted by atomic mass is 9.95. The molecule has 0 saturated carbocycles. The van der Waals surface area contributed by atoms with Crippen molar-refractivity contribution in [3.63, 3.8) is 0 Å². The largest absolute Gasteiger partial charge is 0.441 e. The van der Waals surface area contributed by atoms with Crippen molar-refractivity contribution < 1.29 is 34.1 Å². The maximum absolute atomic E-state index is 12.7. The molecule has 0 radical (unpaired) electrons. The summed E-state index contributed by atoms with van der Waals surface area (Å²) in [4.78, 5) is 42.5. The Morgan fingerprint density at radius 2 is 2.17 bits per heavy atom. The Balaban J connectivity index is 1.76. The van der Waals surface area contributed by atoms with Crippen molar-refractivity contribution in [2.45, 2.75) is 74.4 Å². The highest BCUT2D eigenvalue weighted by Crippen LogP contribution is 2.24. The number of ether oxygens (including phenoxy) is 2. The van der Waals surface area contributed by atoms with E-state index in [1.54, 1.807) is 11.9 Å². The first-order valence-corrected chi connectivity index (χ1v) is 11.7. The lowest BCUT2D eigenvalue weighted by Crippen LogP contribution is -2.69. The van der Waals surface area contributed by atoms with Crippen LogP contribution in [0.4, 0.5) is 4.79 Å². The molecule has 0 aromatic carbocycles. The number of aliphatic hydroxyl groups excluding tert-OH is 2. The SMILES string of the molecule is CN1CC[C@H]2NC(N[C@@H]3O[C@H](CO)[C@@H](OC(N)=O)[C@H](O)[C@H]3NC(=O)C[C@@H](N)CCCN)=N[C@@H]2C1=O. The van der Waals surface area contributed by atoms with E-state index < -0.39 is 61.3 Å². The van der Waals surface area contributed by atoms with Crippen LogP contribution in [0.3, 0.4) is 0 Å². The first-order chi connectivity index (χ1) is 16.6. The molecule has 0 bridgehead atoms. The van der Waals surface area contributed by atoms with E-state index in [1.807, 2.05) is 0 Å². The molecule has 3 heterocycles. The molecule has 0 spiro atoms. The van der Waals surface area contributed by atoms with Gasteiger partial charge in [-0.25, -0.2) is 9.79 Å². The monoisotopic (exact) mass is 500 g/mol. The number of aliphatic hydroxyl groups is 2. The van der Waals surface area contributed by atoms with Gasteiger partial charge in [0.15, 0.2) is 24.3 Å². The number of likely N-dealkylation sites (N-methyl/N-ethyl adjacent to an activating group) is 1. The Kier molecular flexibility index (Phi) is 9.07. The van der Waals surface area contributed by atoms with E-state index in [9.17, 15) is 24.6 Å². The van der Waals surface area contributed by atoms with Gasteiger partial charge in [-0.1, -0.05) is 0 Å². The van der Waals surface area contributed by atoms with Crippen LogP contribution in [-0.4, -0.2) is 114 Å². The number of nitrogens with zero attached hydrogens (tertiary/aromatic N) is 2. The molecule has 0 aromatic heterocycles. The molecule has 3 rings (SSSR count). The summed E-state index contributed by atoms with van der Waals surface area (Å²) < 4.78 is 10.8. The number of piperidine rings is 1. The molecule has 35 heavy (non-hydrogen) atoms. The van der Waals surface area contributed by atoms with Gasteiger partial charge in [-0.05, 0) is 25.8 Å². The molecular weight excluding hydrogens is 464 g/mol. The number of rotatable bonds is 9. The first kappa shape index (κ1) is 26.9. The number of likely N-dealkylation sites (tertiary alicyclic amines) is 1. The van der Waals surface area contributed by atoms with Crippen molar-refractivity contribution in [2.75, 3.05) is 26.7 Å². The van der Waals surface area contributed by atoms with E-state index in [1.165, 1.54) is 0 Å². The van der Waals surface area contributed by atoms with Gasteiger partial charge in [-0.3, -0.25) is 9.59 Å². The van der Waals surface area contributed by atoms with Gasteiger partial charge in [0, 0.05) is 26.1 Å². The molecule has 2 saturated heterocycles. The minimum atomic E-state index is -1.49. The number of carbonyl (C=O) groups is 3. The first-order valence-electron chi connectivity index (χ1n) is 11.7. The predicted octanol–water partition coefficient (Wildman–Crippen LogP) is -4.38. The number of guanidine groups is 1. The number of nitrogens with one attached hydrogen (secondary N) is 3. The Bertz CT molecular complexity index is 814. The van der Waals surface area contributed by atoms with Crippen LogP contribution < -0.4 is 33.2 Å².